The second-order valence-corrected chi connectivity index (χ2v) is 6.04. The molecule has 19 heavy (non-hydrogen) atoms. The summed E-state index contributed by atoms with van der Waals surface area (Å²) >= 11 is 3.52. The van der Waals surface area contributed by atoms with Crippen molar-refractivity contribution in [3.63, 3.8) is 0 Å². The van der Waals surface area contributed by atoms with Crippen molar-refractivity contribution >= 4 is 27.5 Å². The van der Waals surface area contributed by atoms with E-state index < -0.39 is 5.41 Å². The Morgan fingerprint density at radius 3 is 2.74 bits per heavy atom. The molecule has 1 aromatic carbocycles. The molecule has 0 saturated carbocycles. The van der Waals surface area contributed by atoms with Crippen LogP contribution in [0.3, 0.4) is 0 Å². The van der Waals surface area contributed by atoms with E-state index in [0.29, 0.717) is 26.1 Å². The molecule has 1 aromatic rings. The molecule has 0 aromatic heterocycles. The minimum atomic E-state index is -0.462. The zero-order valence-electron chi connectivity index (χ0n) is 10.8. The third-order valence-corrected chi connectivity index (χ3v) is 4.82. The Kier molecular flexibility index (Phi) is 3.15. The van der Waals surface area contributed by atoms with Gasteiger partial charge in [-0.15, -0.1) is 0 Å². The Bertz CT molecular complexity index is 538. The van der Waals surface area contributed by atoms with Gasteiger partial charge in [-0.3, -0.25) is 4.79 Å². The molecule has 2 heterocycles. The molecule has 1 spiro atoms. The summed E-state index contributed by atoms with van der Waals surface area (Å²) < 4.78 is 6.28. The Morgan fingerprint density at radius 2 is 2.11 bits per heavy atom. The van der Waals surface area contributed by atoms with E-state index in [2.05, 4.69) is 15.9 Å². The van der Waals surface area contributed by atoms with Gasteiger partial charge in [0.05, 0.1) is 17.7 Å². The van der Waals surface area contributed by atoms with Crippen molar-refractivity contribution in [3.8, 4) is 0 Å². The van der Waals surface area contributed by atoms with Gasteiger partial charge in [-0.1, -0.05) is 6.07 Å². The summed E-state index contributed by atoms with van der Waals surface area (Å²) in [5, 5.41) is 9.37. The third kappa shape index (κ3) is 1.75. The van der Waals surface area contributed by atoms with Crippen molar-refractivity contribution in [2.75, 3.05) is 25.2 Å². The summed E-state index contributed by atoms with van der Waals surface area (Å²) in [5.74, 6) is 0.140. The van der Waals surface area contributed by atoms with E-state index in [1.54, 1.807) is 4.90 Å². The van der Waals surface area contributed by atoms with Crippen LogP contribution in [-0.2, 0) is 21.6 Å². The van der Waals surface area contributed by atoms with Crippen LogP contribution in [0.1, 0.15) is 24.0 Å². The fourth-order valence-corrected chi connectivity index (χ4v) is 3.97. The number of hydrogen-bond donors (Lipinski definition) is 1. The minimum absolute atomic E-state index is 0.0175. The van der Waals surface area contributed by atoms with Gasteiger partial charge in [0.15, 0.2) is 0 Å². The zero-order chi connectivity index (χ0) is 13.6. The lowest BCUT2D eigenvalue weighted by Gasteiger charge is -2.32. The topological polar surface area (TPSA) is 49.8 Å². The van der Waals surface area contributed by atoms with E-state index in [9.17, 15) is 9.90 Å². The molecule has 3 rings (SSSR count). The normalized spacial score (nSPS) is 21.0. The molecule has 5 heteroatoms. The number of carbonyl (C=O) groups is 1. The summed E-state index contributed by atoms with van der Waals surface area (Å²) in [6, 6.07) is 3.84. The van der Waals surface area contributed by atoms with Crippen molar-refractivity contribution in [1.29, 1.82) is 0 Å². The smallest absolute Gasteiger partial charge is 0.237 e. The van der Waals surface area contributed by atoms with E-state index in [1.807, 2.05) is 19.2 Å². The highest BCUT2D eigenvalue weighted by Gasteiger charge is 2.51. The summed E-state index contributed by atoms with van der Waals surface area (Å²) in [6.45, 7) is 1.20. The number of aliphatic hydroxyl groups is 1. The molecular weight excluding hydrogens is 310 g/mol. The lowest BCUT2D eigenvalue weighted by atomic mass is 9.75. The number of nitrogens with zero attached hydrogens (tertiary/aromatic N) is 1. The number of hydrogen-bond acceptors (Lipinski definition) is 3. The maximum Gasteiger partial charge on any atom is 0.237 e. The SMILES string of the molecule is CN1C(=O)C2(CCOCC2)c2cc(CO)cc(Br)c21. The highest BCUT2D eigenvalue weighted by molar-refractivity contribution is 9.10. The Labute approximate surface area is 120 Å². The van der Waals surface area contributed by atoms with E-state index in [4.69, 9.17) is 4.74 Å². The number of rotatable bonds is 1. The number of ether oxygens (including phenoxy) is 1. The molecule has 1 N–H and O–H groups in total. The Hall–Kier alpha value is -0.910. The van der Waals surface area contributed by atoms with E-state index in [-0.39, 0.29) is 12.5 Å². The minimum Gasteiger partial charge on any atom is -0.392 e. The number of carbonyl (C=O) groups excluding carboxylic acids is 1. The quantitative estimate of drug-likeness (QED) is 0.858. The first-order chi connectivity index (χ1) is 9.10. The maximum atomic E-state index is 12.7. The first-order valence-electron chi connectivity index (χ1n) is 6.40. The van der Waals surface area contributed by atoms with Crippen molar-refractivity contribution in [2.24, 2.45) is 0 Å². The molecule has 1 amide bonds. The van der Waals surface area contributed by atoms with Crippen LogP contribution in [0.25, 0.3) is 0 Å². The van der Waals surface area contributed by atoms with Gasteiger partial charge in [-0.05, 0) is 46.0 Å². The average Bonchev–Trinajstić information content (AvgIpc) is 2.63. The van der Waals surface area contributed by atoms with Crippen LogP contribution in [0.15, 0.2) is 16.6 Å². The van der Waals surface area contributed by atoms with Gasteiger partial charge in [-0.25, -0.2) is 0 Å². The van der Waals surface area contributed by atoms with Gasteiger partial charge in [0.1, 0.15) is 0 Å². The van der Waals surface area contributed by atoms with E-state index >= 15 is 0 Å². The number of halogens is 1. The van der Waals surface area contributed by atoms with Gasteiger partial charge in [-0.2, -0.15) is 0 Å². The lowest BCUT2D eigenvalue weighted by molar-refractivity contribution is -0.126. The van der Waals surface area contributed by atoms with Crippen LogP contribution in [0.2, 0.25) is 0 Å². The number of fused-ring (bicyclic) bond motifs is 2. The number of anilines is 1. The number of likely N-dealkylation sites (N-methyl/N-ethyl adjacent to an activating group) is 1. The molecular formula is C14H16BrNO3. The maximum absolute atomic E-state index is 12.7. The predicted molar refractivity (Wildman–Crippen MR) is 75.2 cm³/mol. The molecule has 0 unspecified atom stereocenters. The molecule has 0 atom stereocenters. The Morgan fingerprint density at radius 1 is 1.42 bits per heavy atom. The lowest BCUT2D eigenvalue weighted by Crippen LogP contribution is -2.42. The summed E-state index contributed by atoms with van der Waals surface area (Å²) in [4.78, 5) is 14.4. The molecule has 0 radical (unpaired) electrons. The first-order valence-corrected chi connectivity index (χ1v) is 7.19. The molecule has 4 nitrogen and oxygen atoms in total. The van der Waals surface area contributed by atoms with Gasteiger partial charge < -0.3 is 14.7 Å². The predicted octanol–water partition coefficient (Wildman–Crippen LogP) is 1.97. The number of amides is 1. The zero-order valence-corrected chi connectivity index (χ0v) is 12.4. The fraction of sp³-hybridized carbons (Fsp3) is 0.500. The van der Waals surface area contributed by atoms with Crippen molar-refractivity contribution in [3.05, 3.63) is 27.7 Å². The number of aliphatic hydroxyl groups excluding tert-OH is 1. The molecule has 2 aliphatic heterocycles. The van der Waals surface area contributed by atoms with Gasteiger partial charge in [0.2, 0.25) is 5.91 Å². The summed E-state index contributed by atoms with van der Waals surface area (Å²) in [5.41, 5.74) is 2.33. The second-order valence-electron chi connectivity index (χ2n) is 5.19. The van der Waals surface area contributed by atoms with Crippen LogP contribution in [-0.4, -0.2) is 31.3 Å². The molecule has 0 aliphatic carbocycles. The number of benzene rings is 1. The van der Waals surface area contributed by atoms with Crippen molar-refractivity contribution < 1.29 is 14.6 Å². The summed E-state index contributed by atoms with van der Waals surface area (Å²) in [6.07, 6.45) is 1.43. The van der Waals surface area contributed by atoms with Gasteiger partial charge in [0.25, 0.3) is 0 Å². The van der Waals surface area contributed by atoms with Crippen molar-refractivity contribution in [1.82, 2.24) is 0 Å². The Balaban J connectivity index is 2.21. The molecule has 0 bridgehead atoms. The highest BCUT2D eigenvalue weighted by atomic mass is 79.9. The summed E-state index contributed by atoms with van der Waals surface area (Å²) in [7, 11) is 1.81. The second kappa shape index (κ2) is 4.58. The van der Waals surface area contributed by atoms with Crippen molar-refractivity contribution in [2.45, 2.75) is 24.9 Å². The molecule has 1 fully saturated rings. The van der Waals surface area contributed by atoms with Gasteiger partial charge in [0, 0.05) is 24.7 Å². The van der Waals surface area contributed by atoms with Crippen LogP contribution in [0.4, 0.5) is 5.69 Å². The standard InChI is InChI=1S/C14H16BrNO3/c1-16-12-10(6-9(8-17)7-11(12)15)14(13(16)18)2-4-19-5-3-14/h6-7,17H,2-5,8H2,1H3. The van der Waals surface area contributed by atoms with Crippen LogP contribution < -0.4 is 4.90 Å². The van der Waals surface area contributed by atoms with Gasteiger partial charge >= 0.3 is 0 Å². The first kappa shape index (κ1) is 13.1. The van der Waals surface area contributed by atoms with Crippen LogP contribution >= 0.6 is 15.9 Å². The van der Waals surface area contributed by atoms with E-state index in [1.165, 1.54) is 0 Å². The average molecular weight is 326 g/mol. The highest BCUT2D eigenvalue weighted by Crippen LogP contribution is 2.50. The van der Waals surface area contributed by atoms with Crippen LogP contribution in [0, 0.1) is 0 Å². The fourth-order valence-electron chi connectivity index (χ4n) is 3.19. The third-order valence-electron chi connectivity index (χ3n) is 4.22. The molecule has 102 valence electrons. The monoisotopic (exact) mass is 325 g/mol. The van der Waals surface area contributed by atoms with Crippen LogP contribution in [0.5, 0.6) is 0 Å². The molecule has 1 saturated heterocycles. The largest absolute Gasteiger partial charge is 0.392 e. The molecule has 2 aliphatic rings. The van der Waals surface area contributed by atoms with E-state index in [0.717, 1.165) is 21.3 Å².